The molecule has 0 spiro atoms. The smallest absolute Gasteiger partial charge is 0.337 e. The Labute approximate surface area is 135 Å². The summed E-state index contributed by atoms with van der Waals surface area (Å²) in [5.74, 6) is -0.482. The molecule has 5 heteroatoms. The lowest BCUT2D eigenvalue weighted by atomic mass is 10.1. The predicted octanol–water partition coefficient (Wildman–Crippen LogP) is 2.76. The van der Waals surface area contributed by atoms with Crippen molar-refractivity contribution in [3.05, 3.63) is 65.7 Å². The largest absolute Gasteiger partial charge is 0.465 e. The molecular formula is C18H20N2O3. The summed E-state index contributed by atoms with van der Waals surface area (Å²) >= 11 is 0. The van der Waals surface area contributed by atoms with E-state index < -0.39 is 0 Å². The molecule has 120 valence electrons. The van der Waals surface area contributed by atoms with Crippen LogP contribution in [0.1, 0.15) is 28.9 Å². The lowest BCUT2D eigenvalue weighted by molar-refractivity contribution is -0.120. The molecule has 0 radical (unpaired) electrons. The van der Waals surface area contributed by atoms with Crippen LogP contribution in [0.15, 0.2) is 54.6 Å². The first kappa shape index (κ1) is 16.5. The zero-order valence-corrected chi connectivity index (χ0v) is 13.2. The second-order valence-electron chi connectivity index (χ2n) is 5.12. The van der Waals surface area contributed by atoms with Crippen LogP contribution in [0.5, 0.6) is 0 Å². The van der Waals surface area contributed by atoms with Crippen molar-refractivity contribution in [1.82, 2.24) is 5.32 Å². The number of amides is 1. The number of esters is 1. The van der Waals surface area contributed by atoms with Crippen molar-refractivity contribution < 1.29 is 14.3 Å². The van der Waals surface area contributed by atoms with E-state index in [0.717, 1.165) is 11.3 Å². The van der Waals surface area contributed by atoms with Gasteiger partial charge in [-0.3, -0.25) is 4.79 Å². The summed E-state index contributed by atoms with van der Waals surface area (Å²) in [7, 11) is 1.34. The van der Waals surface area contributed by atoms with E-state index in [0.29, 0.717) is 5.56 Å². The summed E-state index contributed by atoms with van der Waals surface area (Å²) in [6.07, 6.45) is 0. The van der Waals surface area contributed by atoms with E-state index in [9.17, 15) is 9.59 Å². The highest BCUT2D eigenvalue weighted by atomic mass is 16.5. The van der Waals surface area contributed by atoms with Crippen LogP contribution in [-0.2, 0) is 9.53 Å². The Kier molecular flexibility index (Phi) is 5.74. The molecule has 2 rings (SSSR count). The van der Waals surface area contributed by atoms with Crippen molar-refractivity contribution in [2.45, 2.75) is 13.0 Å². The van der Waals surface area contributed by atoms with Gasteiger partial charge in [0.05, 0.1) is 25.3 Å². The van der Waals surface area contributed by atoms with Crippen LogP contribution in [0.4, 0.5) is 5.69 Å². The van der Waals surface area contributed by atoms with E-state index >= 15 is 0 Å². The standard InChI is InChI=1S/C18H20N2O3/c1-13(14-6-4-3-5-7-14)20-17(21)12-19-16-10-8-15(9-11-16)18(22)23-2/h3-11,13,19H,12H2,1-2H3,(H,20,21)/t13-/m0/s1. The molecule has 0 saturated carbocycles. The maximum atomic E-state index is 12.0. The van der Waals surface area contributed by atoms with Crippen molar-refractivity contribution in [2.24, 2.45) is 0 Å². The minimum absolute atomic E-state index is 0.0489. The number of nitrogens with one attached hydrogen (secondary N) is 2. The van der Waals surface area contributed by atoms with Crippen molar-refractivity contribution in [1.29, 1.82) is 0 Å². The molecule has 2 aromatic rings. The Balaban J connectivity index is 1.83. The highest BCUT2D eigenvalue weighted by Gasteiger charge is 2.09. The van der Waals surface area contributed by atoms with Crippen LogP contribution in [0.3, 0.4) is 0 Å². The molecule has 5 nitrogen and oxygen atoms in total. The molecule has 0 heterocycles. The van der Waals surface area contributed by atoms with E-state index in [1.807, 2.05) is 37.3 Å². The Hall–Kier alpha value is -2.82. The van der Waals surface area contributed by atoms with E-state index in [-0.39, 0.29) is 24.5 Å². The monoisotopic (exact) mass is 312 g/mol. The average Bonchev–Trinajstić information content (AvgIpc) is 2.60. The fraction of sp³-hybridized carbons (Fsp3) is 0.222. The van der Waals surface area contributed by atoms with Gasteiger partial charge in [0.1, 0.15) is 0 Å². The molecule has 0 unspecified atom stereocenters. The zero-order chi connectivity index (χ0) is 16.7. The maximum absolute atomic E-state index is 12.0. The van der Waals surface area contributed by atoms with Crippen molar-refractivity contribution in [2.75, 3.05) is 19.0 Å². The van der Waals surface area contributed by atoms with Gasteiger partial charge in [-0.25, -0.2) is 4.79 Å². The minimum Gasteiger partial charge on any atom is -0.465 e. The van der Waals surface area contributed by atoms with Gasteiger partial charge in [0.15, 0.2) is 0 Å². The summed E-state index contributed by atoms with van der Waals surface area (Å²) in [6, 6.07) is 16.5. The van der Waals surface area contributed by atoms with E-state index in [2.05, 4.69) is 15.4 Å². The van der Waals surface area contributed by atoms with E-state index in [1.165, 1.54) is 7.11 Å². The van der Waals surface area contributed by atoms with Gasteiger partial charge in [-0.2, -0.15) is 0 Å². The number of anilines is 1. The van der Waals surface area contributed by atoms with Crippen molar-refractivity contribution >= 4 is 17.6 Å². The first-order chi connectivity index (χ1) is 11.1. The van der Waals surface area contributed by atoms with Gasteiger partial charge >= 0.3 is 5.97 Å². The fourth-order valence-electron chi connectivity index (χ4n) is 2.14. The molecule has 23 heavy (non-hydrogen) atoms. The van der Waals surface area contributed by atoms with Gasteiger partial charge in [0.25, 0.3) is 0 Å². The number of rotatable bonds is 6. The number of carbonyl (C=O) groups excluding carboxylic acids is 2. The molecule has 0 saturated heterocycles. The third-order valence-electron chi connectivity index (χ3n) is 3.44. The van der Waals surface area contributed by atoms with E-state index in [1.54, 1.807) is 24.3 Å². The van der Waals surface area contributed by atoms with Crippen molar-refractivity contribution in [3.63, 3.8) is 0 Å². The van der Waals surface area contributed by atoms with Crippen LogP contribution in [0.25, 0.3) is 0 Å². The second-order valence-corrected chi connectivity index (χ2v) is 5.12. The zero-order valence-electron chi connectivity index (χ0n) is 13.2. The molecule has 0 bridgehead atoms. The molecule has 0 aromatic heterocycles. The number of hydrogen-bond donors (Lipinski definition) is 2. The summed E-state index contributed by atoms with van der Waals surface area (Å²) < 4.78 is 4.64. The van der Waals surface area contributed by atoms with Crippen LogP contribution in [0.2, 0.25) is 0 Å². The van der Waals surface area contributed by atoms with E-state index in [4.69, 9.17) is 0 Å². The summed E-state index contributed by atoms with van der Waals surface area (Å²) in [4.78, 5) is 23.3. The van der Waals surface area contributed by atoms with Gasteiger partial charge in [-0.1, -0.05) is 30.3 Å². The molecule has 1 amide bonds. The molecule has 2 N–H and O–H groups in total. The Morgan fingerprint density at radius 3 is 2.30 bits per heavy atom. The second kappa shape index (κ2) is 7.98. The quantitative estimate of drug-likeness (QED) is 0.805. The first-order valence-corrected chi connectivity index (χ1v) is 7.36. The third kappa shape index (κ3) is 4.85. The van der Waals surface area contributed by atoms with Crippen LogP contribution in [-0.4, -0.2) is 25.5 Å². The number of methoxy groups -OCH3 is 1. The van der Waals surface area contributed by atoms with Gasteiger partial charge in [-0.15, -0.1) is 0 Å². The SMILES string of the molecule is COC(=O)c1ccc(NCC(=O)N[C@@H](C)c2ccccc2)cc1. The molecule has 2 aromatic carbocycles. The predicted molar refractivity (Wildman–Crippen MR) is 89.3 cm³/mol. The molecule has 0 aliphatic rings. The Morgan fingerprint density at radius 2 is 1.70 bits per heavy atom. The Bertz CT molecular complexity index is 654. The van der Waals surface area contributed by atoms with Crippen LogP contribution < -0.4 is 10.6 Å². The molecule has 0 aliphatic heterocycles. The highest BCUT2D eigenvalue weighted by molar-refractivity contribution is 5.89. The molecule has 0 fully saturated rings. The molecule has 0 aliphatic carbocycles. The van der Waals surface area contributed by atoms with Gasteiger partial charge < -0.3 is 15.4 Å². The van der Waals surface area contributed by atoms with Gasteiger partial charge in [0, 0.05) is 5.69 Å². The first-order valence-electron chi connectivity index (χ1n) is 7.36. The fourth-order valence-corrected chi connectivity index (χ4v) is 2.14. The van der Waals surface area contributed by atoms with Gasteiger partial charge in [-0.05, 0) is 36.8 Å². The number of hydrogen-bond acceptors (Lipinski definition) is 4. The number of benzene rings is 2. The molecular weight excluding hydrogens is 292 g/mol. The lowest BCUT2D eigenvalue weighted by Gasteiger charge is -2.15. The average molecular weight is 312 g/mol. The lowest BCUT2D eigenvalue weighted by Crippen LogP contribution is -2.32. The maximum Gasteiger partial charge on any atom is 0.337 e. The van der Waals surface area contributed by atoms with Crippen LogP contribution in [0, 0.1) is 0 Å². The Morgan fingerprint density at radius 1 is 1.04 bits per heavy atom. The number of ether oxygens (including phenoxy) is 1. The summed E-state index contributed by atoms with van der Waals surface area (Å²) in [6.45, 7) is 2.10. The highest BCUT2D eigenvalue weighted by Crippen LogP contribution is 2.12. The van der Waals surface area contributed by atoms with Crippen molar-refractivity contribution in [3.8, 4) is 0 Å². The third-order valence-corrected chi connectivity index (χ3v) is 3.44. The minimum atomic E-state index is -0.383. The van der Waals surface area contributed by atoms with Gasteiger partial charge in [0.2, 0.25) is 5.91 Å². The summed E-state index contributed by atoms with van der Waals surface area (Å²) in [5, 5.41) is 5.95. The normalized spacial score (nSPS) is 11.4. The topological polar surface area (TPSA) is 67.4 Å². The van der Waals surface area contributed by atoms with Crippen LogP contribution >= 0.6 is 0 Å². The summed E-state index contributed by atoms with van der Waals surface area (Å²) in [5.41, 5.74) is 2.30. The molecule has 1 atom stereocenters. The number of carbonyl (C=O) groups is 2.